The number of methoxy groups -OCH3 is 1. The maximum absolute atomic E-state index is 11.5. The first-order valence-corrected chi connectivity index (χ1v) is 6.17. The number of carbonyl (C=O) groups is 3. The van der Waals surface area contributed by atoms with Crippen LogP contribution in [0.4, 0.5) is 4.79 Å². The summed E-state index contributed by atoms with van der Waals surface area (Å²) in [4.78, 5) is 33.1. The molecule has 7 heteroatoms. The fourth-order valence-electron chi connectivity index (χ4n) is 1.37. The zero-order valence-electron chi connectivity index (χ0n) is 11.6. The van der Waals surface area contributed by atoms with Crippen molar-refractivity contribution in [3.63, 3.8) is 0 Å². The minimum atomic E-state index is -0.961. The molecule has 3 N–H and O–H groups in total. The van der Waals surface area contributed by atoms with Gasteiger partial charge in [0.1, 0.15) is 0 Å². The van der Waals surface area contributed by atoms with Gasteiger partial charge in [0.2, 0.25) is 5.91 Å². The van der Waals surface area contributed by atoms with Crippen molar-refractivity contribution in [2.75, 3.05) is 13.7 Å². The maximum Gasteiger partial charge on any atom is 0.321 e. The number of rotatable bonds is 8. The molecule has 0 aromatic rings. The first-order valence-electron chi connectivity index (χ1n) is 6.17. The van der Waals surface area contributed by atoms with E-state index in [-0.39, 0.29) is 31.2 Å². The molecule has 0 aromatic carbocycles. The number of nitrogens with one attached hydrogen (secondary N) is 2. The normalized spacial score (nSPS) is 12.0. The molecule has 0 spiro atoms. The predicted molar refractivity (Wildman–Crippen MR) is 68.7 cm³/mol. The van der Waals surface area contributed by atoms with E-state index in [0.29, 0.717) is 6.61 Å². The lowest BCUT2D eigenvalue weighted by Crippen LogP contribution is -2.48. The van der Waals surface area contributed by atoms with Crippen LogP contribution < -0.4 is 10.6 Å². The molecular formula is C12H22N2O5. The van der Waals surface area contributed by atoms with E-state index in [1.165, 1.54) is 7.11 Å². The fourth-order valence-corrected chi connectivity index (χ4v) is 1.37. The molecule has 1 atom stereocenters. The van der Waals surface area contributed by atoms with Gasteiger partial charge in [0.25, 0.3) is 0 Å². The molecule has 1 unspecified atom stereocenters. The van der Waals surface area contributed by atoms with Crippen LogP contribution in [0.15, 0.2) is 0 Å². The second-order valence-corrected chi connectivity index (χ2v) is 4.57. The number of urea groups is 1. The summed E-state index contributed by atoms with van der Waals surface area (Å²) >= 11 is 0. The highest BCUT2D eigenvalue weighted by Gasteiger charge is 2.17. The van der Waals surface area contributed by atoms with Gasteiger partial charge in [-0.2, -0.15) is 0 Å². The van der Waals surface area contributed by atoms with Gasteiger partial charge in [-0.1, -0.05) is 13.8 Å². The Morgan fingerprint density at radius 3 is 2.32 bits per heavy atom. The van der Waals surface area contributed by atoms with Gasteiger partial charge in [-0.3, -0.25) is 14.9 Å². The fraction of sp³-hybridized carbons (Fsp3) is 0.750. The summed E-state index contributed by atoms with van der Waals surface area (Å²) in [5.41, 5.74) is 0. The minimum Gasteiger partial charge on any atom is -0.481 e. The van der Waals surface area contributed by atoms with Gasteiger partial charge in [-0.05, 0) is 12.3 Å². The molecule has 0 aliphatic carbocycles. The van der Waals surface area contributed by atoms with Gasteiger partial charge in [-0.15, -0.1) is 0 Å². The Kier molecular flexibility index (Phi) is 8.52. The molecule has 3 amide bonds. The number of imide groups is 1. The molecule has 19 heavy (non-hydrogen) atoms. The van der Waals surface area contributed by atoms with Crippen LogP contribution in [0.25, 0.3) is 0 Å². The number of carboxylic acids is 1. The quantitative estimate of drug-likeness (QED) is 0.605. The Labute approximate surface area is 112 Å². The number of carbonyl (C=O) groups excluding carboxylic acids is 2. The molecule has 0 saturated heterocycles. The van der Waals surface area contributed by atoms with Crippen molar-refractivity contribution in [1.82, 2.24) is 10.6 Å². The molecule has 0 fully saturated rings. The zero-order chi connectivity index (χ0) is 14.8. The molecule has 0 bridgehead atoms. The molecule has 110 valence electrons. The number of carboxylic acid groups (broad SMARTS) is 1. The Morgan fingerprint density at radius 2 is 1.84 bits per heavy atom. The SMILES string of the molecule is COCC(NC(=O)NC(=O)CCCC(=O)O)C(C)C. The molecular weight excluding hydrogens is 252 g/mol. The largest absolute Gasteiger partial charge is 0.481 e. The zero-order valence-corrected chi connectivity index (χ0v) is 11.6. The third-order valence-corrected chi connectivity index (χ3v) is 2.51. The molecule has 0 rings (SSSR count). The molecule has 0 aromatic heterocycles. The number of hydrogen-bond donors (Lipinski definition) is 3. The van der Waals surface area contributed by atoms with Gasteiger partial charge < -0.3 is 15.2 Å². The molecule has 7 nitrogen and oxygen atoms in total. The van der Waals surface area contributed by atoms with E-state index in [2.05, 4.69) is 10.6 Å². The highest BCUT2D eigenvalue weighted by Crippen LogP contribution is 2.01. The van der Waals surface area contributed by atoms with E-state index in [0.717, 1.165) is 0 Å². The molecule has 0 aliphatic rings. The van der Waals surface area contributed by atoms with Crippen LogP contribution in [-0.4, -0.2) is 42.8 Å². The number of aliphatic carboxylic acids is 1. The van der Waals surface area contributed by atoms with Crippen LogP contribution in [0.5, 0.6) is 0 Å². The highest BCUT2D eigenvalue weighted by atomic mass is 16.5. The van der Waals surface area contributed by atoms with Crippen molar-refractivity contribution in [2.24, 2.45) is 5.92 Å². The van der Waals surface area contributed by atoms with Gasteiger partial charge in [0, 0.05) is 20.0 Å². The second kappa shape index (κ2) is 9.32. The Balaban J connectivity index is 4.01. The van der Waals surface area contributed by atoms with Gasteiger partial charge in [-0.25, -0.2) is 4.79 Å². The summed E-state index contributed by atoms with van der Waals surface area (Å²) in [6, 6.07) is -0.770. The van der Waals surface area contributed by atoms with Crippen molar-refractivity contribution < 1.29 is 24.2 Å². The lowest BCUT2D eigenvalue weighted by Gasteiger charge is -2.21. The third-order valence-electron chi connectivity index (χ3n) is 2.51. The van der Waals surface area contributed by atoms with Crippen molar-refractivity contribution in [3.05, 3.63) is 0 Å². The van der Waals surface area contributed by atoms with Crippen molar-refractivity contribution in [2.45, 2.75) is 39.2 Å². The van der Waals surface area contributed by atoms with Crippen LogP contribution in [-0.2, 0) is 14.3 Å². The van der Waals surface area contributed by atoms with E-state index < -0.39 is 17.9 Å². The smallest absolute Gasteiger partial charge is 0.321 e. The first kappa shape index (κ1) is 17.4. The lowest BCUT2D eigenvalue weighted by atomic mass is 10.1. The van der Waals surface area contributed by atoms with Crippen molar-refractivity contribution in [1.29, 1.82) is 0 Å². The van der Waals surface area contributed by atoms with Crippen molar-refractivity contribution >= 4 is 17.9 Å². The van der Waals surface area contributed by atoms with Crippen LogP contribution in [0, 0.1) is 5.92 Å². The van der Waals surface area contributed by atoms with Crippen LogP contribution in [0.2, 0.25) is 0 Å². The standard InChI is InChI=1S/C12H22N2O5/c1-8(2)9(7-19-3)13-12(18)14-10(15)5-4-6-11(16)17/h8-9H,4-7H2,1-3H3,(H,16,17)(H2,13,14,15,18). The molecule has 0 aliphatic heterocycles. The minimum absolute atomic E-state index is 0.0103. The third kappa shape index (κ3) is 9.01. The Bertz CT molecular complexity index is 317. The summed E-state index contributed by atoms with van der Waals surface area (Å²) < 4.78 is 4.97. The average molecular weight is 274 g/mol. The predicted octanol–water partition coefficient (Wildman–Crippen LogP) is 0.738. The maximum atomic E-state index is 11.5. The summed E-state index contributed by atoms with van der Waals surface area (Å²) in [5, 5.41) is 13.2. The number of ether oxygens (including phenoxy) is 1. The highest BCUT2D eigenvalue weighted by molar-refractivity contribution is 5.94. The number of hydrogen-bond acceptors (Lipinski definition) is 4. The van der Waals surface area contributed by atoms with E-state index in [9.17, 15) is 14.4 Å². The molecule has 0 saturated carbocycles. The topological polar surface area (TPSA) is 105 Å². The lowest BCUT2D eigenvalue weighted by molar-refractivity contribution is -0.137. The molecule has 0 radical (unpaired) electrons. The summed E-state index contributed by atoms with van der Waals surface area (Å²) in [7, 11) is 1.53. The van der Waals surface area contributed by atoms with Gasteiger partial charge >= 0.3 is 12.0 Å². The Morgan fingerprint density at radius 1 is 1.21 bits per heavy atom. The van der Waals surface area contributed by atoms with Gasteiger partial charge in [0.05, 0.1) is 12.6 Å². The van der Waals surface area contributed by atoms with Gasteiger partial charge in [0.15, 0.2) is 0 Å². The summed E-state index contributed by atoms with van der Waals surface area (Å²) in [6.07, 6.45) is 0.129. The Hall–Kier alpha value is -1.63. The van der Waals surface area contributed by atoms with E-state index >= 15 is 0 Å². The summed E-state index contributed by atoms with van der Waals surface area (Å²) in [6.45, 7) is 4.22. The van der Waals surface area contributed by atoms with E-state index in [1.54, 1.807) is 0 Å². The van der Waals surface area contributed by atoms with Crippen LogP contribution >= 0.6 is 0 Å². The monoisotopic (exact) mass is 274 g/mol. The van der Waals surface area contributed by atoms with Crippen LogP contribution in [0.1, 0.15) is 33.1 Å². The van der Waals surface area contributed by atoms with Crippen LogP contribution in [0.3, 0.4) is 0 Å². The van der Waals surface area contributed by atoms with Crippen molar-refractivity contribution in [3.8, 4) is 0 Å². The second-order valence-electron chi connectivity index (χ2n) is 4.57. The first-order chi connectivity index (χ1) is 8.86. The average Bonchev–Trinajstić information content (AvgIpc) is 2.27. The summed E-state index contributed by atoms with van der Waals surface area (Å²) in [5.74, 6) is -1.27. The van der Waals surface area contributed by atoms with E-state index in [4.69, 9.17) is 9.84 Å². The molecule has 0 heterocycles. The number of amides is 3. The van der Waals surface area contributed by atoms with E-state index in [1.807, 2.05) is 13.8 Å².